The number of hydrogen-bond acceptors (Lipinski definition) is 2. The van der Waals surface area contributed by atoms with Gasteiger partial charge in [-0.2, -0.15) is 0 Å². The van der Waals surface area contributed by atoms with E-state index < -0.39 is 0 Å². The third-order valence-corrected chi connectivity index (χ3v) is 3.57. The summed E-state index contributed by atoms with van der Waals surface area (Å²) in [6.07, 6.45) is 8.44. The zero-order valence-corrected chi connectivity index (χ0v) is 8.76. The lowest BCUT2D eigenvalue weighted by atomic mass is 9.87. The van der Waals surface area contributed by atoms with Gasteiger partial charge in [-0.05, 0) is 44.4 Å². The van der Waals surface area contributed by atoms with Crippen molar-refractivity contribution in [3.05, 3.63) is 0 Å². The normalized spacial score (nSPS) is 37.6. The molecule has 0 aromatic rings. The van der Waals surface area contributed by atoms with E-state index in [2.05, 4.69) is 17.4 Å². The molecule has 1 saturated heterocycles. The van der Waals surface area contributed by atoms with Crippen LogP contribution in [-0.2, 0) is 0 Å². The maximum atomic E-state index is 3.54. The lowest BCUT2D eigenvalue weighted by Gasteiger charge is -2.38. The molecule has 0 aromatic carbocycles. The second-order valence-electron chi connectivity index (χ2n) is 4.72. The van der Waals surface area contributed by atoms with Gasteiger partial charge in [-0.15, -0.1) is 0 Å². The second kappa shape index (κ2) is 4.43. The first-order valence-electron chi connectivity index (χ1n) is 5.86. The lowest BCUT2D eigenvalue weighted by Crippen LogP contribution is -2.50. The van der Waals surface area contributed by atoms with E-state index in [-0.39, 0.29) is 0 Å². The number of hydrazine groups is 1. The van der Waals surface area contributed by atoms with E-state index in [1.807, 2.05) is 0 Å². The van der Waals surface area contributed by atoms with Crippen molar-refractivity contribution < 1.29 is 0 Å². The van der Waals surface area contributed by atoms with E-state index in [4.69, 9.17) is 0 Å². The van der Waals surface area contributed by atoms with Crippen LogP contribution in [0.5, 0.6) is 0 Å². The highest BCUT2D eigenvalue weighted by molar-refractivity contribution is 4.77. The number of nitrogens with one attached hydrogen (secondary N) is 1. The molecule has 1 aliphatic heterocycles. The van der Waals surface area contributed by atoms with E-state index in [1.165, 1.54) is 51.6 Å². The molecule has 2 fully saturated rings. The van der Waals surface area contributed by atoms with E-state index in [0.29, 0.717) is 0 Å². The van der Waals surface area contributed by atoms with Crippen molar-refractivity contribution in [3.8, 4) is 0 Å². The fourth-order valence-corrected chi connectivity index (χ4v) is 2.57. The molecule has 0 atom stereocenters. The predicted octanol–water partition coefficient (Wildman–Crippen LogP) is 2.17. The Kier molecular flexibility index (Phi) is 3.23. The van der Waals surface area contributed by atoms with Gasteiger partial charge in [0.2, 0.25) is 0 Å². The topological polar surface area (TPSA) is 15.3 Å². The minimum atomic E-state index is 0.844. The molecule has 2 aliphatic rings. The Hall–Kier alpha value is -0.0800. The molecule has 0 radical (unpaired) electrons. The molecule has 2 nitrogen and oxygen atoms in total. The fourth-order valence-electron chi connectivity index (χ4n) is 2.57. The molecule has 1 saturated carbocycles. The Morgan fingerprint density at radius 3 is 2.46 bits per heavy atom. The average Bonchev–Trinajstić information content (AvgIpc) is 2.20. The summed E-state index contributed by atoms with van der Waals surface area (Å²) in [7, 11) is 0. The van der Waals surface area contributed by atoms with Crippen molar-refractivity contribution in [1.82, 2.24) is 10.4 Å². The molecule has 2 rings (SSSR count). The zero-order valence-electron chi connectivity index (χ0n) is 8.76. The third-order valence-electron chi connectivity index (χ3n) is 3.57. The highest BCUT2D eigenvalue weighted by Gasteiger charge is 2.24. The summed E-state index contributed by atoms with van der Waals surface area (Å²) in [5.41, 5.74) is 3.54. The monoisotopic (exact) mass is 182 g/mol. The smallest absolute Gasteiger partial charge is 0.0243 e. The Bertz CT molecular complexity index is 144. The van der Waals surface area contributed by atoms with E-state index in [9.17, 15) is 0 Å². The van der Waals surface area contributed by atoms with Gasteiger partial charge in [-0.3, -0.25) is 5.43 Å². The fraction of sp³-hybridized carbons (Fsp3) is 1.00. The molecule has 1 heterocycles. The minimum Gasteiger partial charge on any atom is -0.255 e. The van der Waals surface area contributed by atoms with Gasteiger partial charge in [0.1, 0.15) is 0 Å². The van der Waals surface area contributed by atoms with Gasteiger partial charge in [0.05, 0.1) is 0 Å². The van der Waals surface area contributed by atoms with Crippen LogP contribution in [0, 0.1) is 5.92 Å². The number of hydrogen-bond donors (Lipinski definition) is 1. The van der Waals surface area contributed by atoms with Crippen LogP contribution in [0.15, 0.2) is 0 Å². The molecule has 76 valence electrons. The highest BCUT2D eigenvalue weighted by atomic mass is 15.5. The van der Waals surface area contributed by atoms with Crippen LogP contribution in [0.4, 0.5) is 0 Å². The van der Waals surface area contributed by atoms with Crippen molar-refractivity contribution in [2.45, 2.75) is 51.5 Å². The third kappa shape index (κ3) is 2.44. The lowest BCUT2D eigenvalue weighted by molar-refractivity contribution is 0.0640. The van der Waals surface area contributed by atoms with Crippen molar-refractivity contribution in [1.29, 1.82) is 0 Å². The maximum absolute atomic E-state index is 3.54. The molecular weight excluding hydrogens is 160 g/mol. The molecule has 1 N–H and O–H groups in total. The van der Waals surface area contributed by atoms with E-state index in [1.54, 1.807) is 0 Å². The first kappa shape index (κ1) is 9.47. The van der Waals surface area contributed by atoms with Crippen LogP contribution in [0.25, 0.3) is 0 Å². The molecule has 0 spiro atoms. The van der Waals surface area contributed by atoms with Crippen LogP contribution >= 0.6 is 0 Å². The standard InChI is InChI=1S/C11H22N2/c1-10-4-6-11(7-5-10)13-9-3-2-8-12-13/h10-12H,2-9H2,1H3. The number of nitrogens with zero attached hydrogens (tertiary/aromatic N) is 1. The van der Waals surface area contributed by atoms with Crippen LogP contribution in [0.3, 0.4) is 0 Å². The minimum absolute atomic E-state index is 0.844. The number of rotatable bonds is 1. The van der Waals surface area contributed by atoms with Crippen molar-refractivity contribution >= 4 is 0 Å². The molecule has 1 aliphatic carbocycles. The van der Waals surface area contributed by atoms with Gasteiger partial charge in [0.25, 0.3) is 0 Å². The van der Waals surface area contributed by atoms with Gasteiger partial charge in [0, 0.05) is 19.1 Å². The summed E-state index contributed by atoms with van der Waals surface area (Å²) in [5.74, 6) is 0.973. The summed E-state index contributed by atoms with van der Waals surface area (Å²) in [5, 5.41) is 2.51. The summed E-state index contributed by atoms with van der Waals surface area (Å²) < 4.78 is 0. The van der Waals surface area contributed by atoms with Crippen LogP contribution < -0.4 is 5.43 Å². The largest absolute Gasteiger partial charge is 0.255 e. The molecule has 0 bridgehead atoms. The van der Waals surface area contributed by atoms with E-state index >= 15 is 0 Å². The highest BCUT2D eigenvalue weighted by Crippen LogP contribution is 2.26. The molecule has 0 amide bonds. The Balaban J connectivity index is 1.79. The molecule has 0 aromatic heterocycles. The maximum Gasteiger partial charge on any atom is 0.0243 e. The first-order valence-corrected chi connectivity index (χ1v) is 5.86. The predicted molar refractivity (Wildman–Crippen MR) is 55.4 cm³/mol. The summed E-state index contributed by atoms with van der Waals surface area (Å²) in [4.78, 5) is 0. The van der Waals surface area contributed by atoms with Crippen LogP contribution in [0.1, 0.15) is 45.4 Å². The van der Waals surface area contributed by atoms with Crippen molar-refractivity contribution in [2.24, 2.45) is 5.92 Å². The van der Waals surface area contributed by atoms with Gasteiger partial charge < -0.3 is 0 Å². The Morgan fingerprint density at radius 1 is 1.08 bits per heavy atom. The summed E-state index contributed by atoms with van der Waals surface area (Å²) >= 11 is 0. The average molecular weight is 182 g/mol. The molecule has 0 unspecified atom stereocenters. The Labute approximate surface area is 81.7 Å². The van der Waals surface area contributed by atoms with Gasteiger partial charge >= 0.3 is 0 Å². The van der Waals surface area contributed by atoms with Crippen LogP contribution in [0.2, 0.25) is 0 Å². The quantitative estimate of drug-likeness (QED) is 0.668. The molecular formula is C11H22N2. The van der Waals surface area contributed by atoms with Gasteiger partial charge in [-0.1, -0.05) is 6.92 Å². The summed E-state index contributed by atoms with van der Waals surface area (Å²) in [6, 6.07) is 0.844. The van der Waals surface area contributed by atoms with Crippen molar-refractivity contribution in [3.63, 3.8) is 0 Å². The molecule has 2 heteroatoms. The van der Waals surface area contributed by atoms with Gasteiger partial charge in [-0.25, -0.2) is 5.01 Å². The van der Waals surface area contributed by atoms with Crippen LogP contribution in [-0.4, -0.2) is 24.1 Å². The SMILES string of the molecule is CC1CCC(N2CCCCN2)CC1. The zero-order chi connectivity index (χ0) is 9.10. The Morgan fingerprint density at radius 2 is 1.85 bits per heavy atom. The molecule has 13 heavy (non-hydrogen) atoms. The van der Waals surface area contributed by atoms with Gasteiger partial charge in [0.15, 0.2) is 0 Å². The summed E-state index contributed by atoms with van der Waals surface area (Å²) in [6.45, 7) is 4.87. The first-order chi connectivity index (χ1) is 6.36. The second-order valence-corrected chi connectivity index (χ2v) is 4.72. The van der Waals surface area contributed by atoms with Crippen molar-refractivity contribution in [2.75, 3.05) is 13.1 Å². The van der Waals surface area contributed by atoms with E-state index in [0.717, 1.165) is 12.0 Å².